The molecule has 3 rings (SSSR count). The summed E-state index contributed by atoms with van der Waals surface area (Å²) < 4.78 is 7.26. The normalized spacial score (nSPS) is 10.9. The summed E-state index contributed by atoms with van der Waals surface area (Å²) in [4.78, 5) is 21.1. The number of hydrogen-bond acceptors (Lipinski definition) is 4. The molecule has 6 heteroatoms. The lowest BCUT2D eigenvalue weighted by atomic mass is 10.3. The zero-order chi connectivity index (χ0) is 16.2. The Morgan fingerprint density at radius 3 is 2.78 bits per heavy atom. The molecule has 23 heavy (non-hydrogen) atoms. The molecule has 1 amide bonds. The minimum atomic E-state index is 0.0496. The van der Waals surface area contributed by atoms with Crippen molar-refractivity contribution in [1.29, 1.82) is 0 Å². The fourth-order valence-electron chi connectivity index (χ4n) is 2.40. The molecule has 0 aliphatic heterocycles. The Balaban J connectivity index is 1.76. The third-order valence-corrected chi connectivity index (χ3v) is 4.64. The SMILES string of the molecule is Cc1ccc(CN(Cc2ccco2)C(=O)Cn2ccnc2C)s1. The van der Waals surface area contributed by atoms with Gasteiger partial charge in [0.1, 0.15) is 18.1 Å². The Hall–Kier alpha value is -2.34. The van der Waals surface area contributed by atoms with Gasteiger partial charge >= 0.3 is 0 Å². The number of carbonyl (C=O) groups excluding carboxylic acids is 1. The molecule has 0 spiro atoms. The van der Waals surface area contributed by atoms with Gasteiger partial charge in [0.15, 0.2) is 0 Å². The van der Waals surface area contributed by atoms with Crippen molar-refractivity contribution in [1.82, 2.24) is 14.5 Å². The van der Waals surface area contributed by atoms with Crippen LogP contribution < -0.4 is 0 Å². The summed E-state index contributed by atoms with van der Waals surface area (Å²) in [6, 6.07) is 7.89. The second kappa shape index (κ2) is 6.83. The van der Waals surface area contributed by atoms with E-state index in [2.05, 4.69) is 24.0 Å². The zero-order valence-corrected chi connectivity index (χ0v) is 14.0. The number of rotatable bonds is 6. The Morgan fingerprint density at radius 1 is 1.30 bits per heavy atom. The summed E-state index contributed by atoms with van der Waals surface area (Å²) in [5.41, 5.74) is 0. The third kappa shape index (κ3) is 3.90. The van der Waals surface area contributed by atoms with Gasteiger partial charge in [-0.05, 0) is 38.1 Å². The van der Waals surface area contributed by atoms with Crippen molar-refractivity contribution in [3.63, 3.8) is 0 Å². The molecule has 3 aromatic rings. The van der Waals surface area contributed by atoms with Gasteiger partial charge in [0.05, 0.1) is 19.4 Å². The van der Waals surface area contributed by atoms with Crippen LogP contribution in [0.25, 0.3) is 0 Å². The molecule has 3 aromatic heterocycles. The van der Waals surface area contributed by atoms with Gasteiger partial charge in [0, 0.05) is 22.1 Å². The minimum absolute atomic E-state index is 0.0496. The lowest BCUT2D eigenvalue weighted by Gasteiger charge is -2.21. The lowest BCUT2D eigenvalue weighted by molar-refractivity contribution is -0.133. The molecular formula is C17H19N3O2S. The molecule has 0 unspecified atom stereocenters. The number of hydrogen-bond donors (Lipinski definition) is 0. The Morgan fingerprint density at radius 2 is 2.17 bits per heavy atom. The number of amides is 1. The fraction of sp³-hybridized carbons (Fsp3) is 0.294. The van der Waals surface area contributed by atoms with Crippen LogP contribution in [-0.2, 0) is 24.4 Å². The maximum atomic E-state index is 12.7. The van der Waals surface area contributed by atoms with Gasteiger partial charge in [-0.1, -0.05) is 0 Å². The van der Waals surface area contributed by atoms with E-state index in [0.717, 1.165) is 11.6 Å². The molecule has 0 N–H and O–H groups in total. The number of nitrogens with zero attached hydrogens (tertiary/aromatic N) is 3. The summed E-state index contributed by atoms with van der Waals surface area (Å²) in [6.45, 7) is 5.31. The highest BCUT2D eigenvalue weighted by molar-refractivity contribution is 7.11. The molecule has 0 aromatic carbocycles. The van der Waals surface area contributed by atoms with E-state index in [9.17, 15) is 4.79 Å². The molecule has 0 saturated carbocycles. The predicted molar refractivity (Wildman–Crippen MR) is 89.0 cm³/mol. The Labute approximate surface area is 139 Å². The molecule has 0 atom stereocenters. The van der Waals surface area contributed by atoms with Crippen molar-refractivity contribution in [3.8, 4) is 0 Å². The second-order valence-corrected chi connectivity index (χ2v) is 6.82. The van der Waals surface area contributed by atoms with Crippen molar-refractivity contribution in [3.05, 3.63) is 64.3 Å². The van der Waals surface area contributed by atoms with Crippen LogP contribution in [0.5, 0.6) is 0 Å². The average molecular weight is 329 g/mol. The number of carbonyl (C=O) groups is 1. The predicted octanol–water partition coefficient (Wildman–Crippen LogP) is 3.38. The summed E-state index contributed by atoms with van der Waals surface area (Å²) >= 11 is 1.71. The van der Waals surface area contributed by atoms with Crippen LogP contribution in [-0.4, -0.2) is 20.4 Å². The van der Waals surface area contributed by atoms with Gasteiger partial charge in [-0.3, -0.25) is 4.79 Å². The molecule has 0 saturated heterocycles. The van der Waals surface area contributed by atoms with Crippen molar-refractivity contribution in [2.75, 3.05) is 0 Å². The van der Waals surface area contributed by atoms with E-state index in [0.29, 0.717) is 13.1 Å². The summed E-state index contributed by atoms with van der Waals surface area (Å²) in [5, 5.41) is 0. The van der Waals surface area contributed by atoms with Crippen molar-refractivity contribution in [2.45, 2.75) is 33.5 Å². The van der Waals surface area contributed by atoms with Crippen molar-refractivity contribution >= 4 is 17.2 Å². The van der Waals surface area contributed by atoms with Crippen molar-refractivity contribution < 1.29 is 9.21 Å². The van der Waals surface area contributed by atoms with Crippen molar-refractivity contribution in [2.24, 2.45) is 0 Å². The maximum absolute atomic E-state index is 12.7. The number of aryl methyl sites for hydroxylation is 2. The highest BCUT2D eigenvalue weighted by Gasteiger charge is 2.17. The molecular weight excluding hydrogens is 310 g/mol. The first-order valence-electron chi connectivity index (χ1n) is 7.45. The van der Waals surface area contributed by atoms with Gasteiger partial charge < -0.3 is 13.9 Å². The minimum Gasteiger partial charge on any atom is -0.467 e. The van der Waals surface area contributed by atoms with Crippen LogP contribution in [0, 0.1) is 13.8 Å². The van der Waals surface area contributed by atoms with Gasteiger partial charge in [-0.15, -0.1) is 11.3 Å². The monoisotopic (exact) mass is 329 g/mol. The van der Waals surface area contributed by atoms with Crippen LogP contribution in [0.1, 0.15) is 21.3 Å². The van der Waals surface area contributed by atoms with Gasteiger partial charge in [0.25, 0.3) is 0 Å². The van der Waals surface area contributed by atoms with Crippen LogP contribution in [0.3, 0.4) is 0 Å². The summed E-state index contributed by atoms with van der Waals surface area (Å²) in [5.74, 6) is 1.67. The smallest absolute Gasteiger partial charge is 0.243 e. The summed E-state index contributed by atoms with van der Waals surface area (Å²) in [6.07, 6.45) is 5.17. The van der Waals surface area contributed by atoms with E-state index < -0.39 is 0 Å². The molecule has 5 nitrogen and oxygen atoms in total. The van der Waals surface area contributed by atoms with E-state index in [1.165, 1.54) is 9.75 Å². The molecule has 0 bridgehead atoms. The Bertz CT molecular complexity index is 773. The summed E-state index contributed by atoms with van der Waals surface area (Å²) in [7, 11) is 0. The van der Waals surface area contributed by atoms with E-state index in [-0.39, 0.29) is 12.5 Å². The molecule has 3 heterocycles. The van der Waals surface area contributed by atoms with Crippen LogP contribution in [0.4, 0.5) is 0 Å². The number of aromatic nitrogens is 2. The second-order valence-electron chi connectivity index (χ2n) is 5.44. The van der Waals surface area contributed by atoms with Gasteiger partial charge in [-0.25, -0.2) is 4.98 Å². The molecule has 0 fully saturated rings. The number of imidazole rings is 1. The molecule has 120 valence electrons. The maximum Gasteiger partial charge on any atom is 0.243 e. The fourth-order valence-corrected chi connectivity index (χ4v) is 3.30. The average Bonchev–Trinajstić information content (AvgIpc) is 3.24. The standard InChI is InChI=1S/C17H19N3O2S/c1-13-5-6-16(23-13)11-20(10-15-4-3-9-22-15)17(21)12-19-8-7-18-14(19)2/h3-9H,10-12H2,1-2H3. The van der Waals surface area contributed by atoms with E-state index in [1.54, 1.807) is 23.8 Å². The van der Waals surface area contributed by atoms with E-state index >= 15 is 0 Å². The highest BCUT2D eigenvalue weighted by atomic mass is 32.1. The molecule has 0 aliphatic carbocycles. The van der Waals surface area contributed by atoms with Gasteiger partial charge in [-0.2, -0.15) is 0 Å². The highest BCUT2D eigenvalue weighted by Crippen LogP contribution is 2.19. The third-order valence-electron chi connectivity index (χ3n) is 3.65. The molecule has 0 aliphatic rings. The van der Waals surface area contributed by atoms with E-state index in [4.69, 9.17) is 4.42 Å². The first kappa shape index (κ1) is 15.6. The van der Waals surface area contributed by atoms with E-state index in [1.807, 2.05) is 34.7 Å². The van der Waals surface area contributed by atoms with Crippen LogP contribution in [0.15, 0.2) is 47.3 Å². The Kier molecular flexibility index (Phi) is 4.62. The zero-order valence-electron chi connectivity index (χ0n) is 13.2. The van der Waals surface area contributed by atoms with Gasteiger partial charge in [0.2, 0.25) is 5.91 Å². The lowest BCUT2D eigenvalue weighted by Crippen LogP contribution is -2.32. The topological polar surface area (TPSA) is 51.3 Å². The molecule has 0 radical (unpaired) electrons. The number of furan rings is 1. The first-order valence-corrected chi connectivity index (χ1v) is 8.26. The number of thiophene rings is 1. The largest absolute Gasteiger partial charge is 0.467 e. The van der Waals surface area contributed by atoms with Crippen LogP contribution >= 0.6 is 11.3 Å². The quantitative estimate of drug-likeness (QED) is 0.696. The first-order chi connectivity index (χ1) is 11.1. The van der Waals surface area contributed by atoms with Crippen LogP contribution in [0.2, 0.25) is 0 Å².